The molecule has 0 aliphatic carbocycles. The Morgan fingerprint density at radius 2 is 2.00 bits per heavy atom. The number of hydrogen-bond acceptors (Lipinski definition) is 3. The highest BCUT2D eigenvalue weighted by molar-refractivity contribution is 5.91. The van der Waals surface area contributed by atoms with Crippen molar-refractivity contribution >= 4 is 11.9 Å². The zero-order chi connectivity index (χ0) is 8.65. The van der Waals surface area contributed by atoms with Crippen LogP contribution in [0.4, 0.5) is 0 Å². The van der Waals surface area contributed by atoms with Crippen molar-refractivity contribution in [3.05, 3.63) is 0 Å². The molecule has 0 aromatic rings. The minimum absolute atomic E-state index is 0.0799. The molecule has 0 aromatic carbocycles. The second-order valence-electron chi connectivity index (χ2n) is 3.59. The zero-order valence-corrected chi connectivity index (χ0v) is 7.01. The minimum atomic E-state index is -0.506. The predicted molar refractivity (Wildman–Crippen MR) is 38.7 cm³/mol. The average molecular weight is 156 g/mol. The lowest BCUT2D eigenvalue weighted by Crippen LogP contribution is -2.40. The predicted octanol–water partition coefficient (Wildman–Crippen LogP) is 1.12. The molecule has 0 bridgehead atoms. The highest BCUT2D eigenvalue weighted by Crippen LogP contribution is 2.34. The van der Waals surface area contributed by atoms with Crippen molar-refractivity contribution in [3.8, 4) is 0 Å². The first-order valence-electron chi connectivity index (χ1n) is 3.69. The van der Waals surface area contributed by atoms with Gasteiger partial charge in [0.25, 0.3) is 0 Å². The van der Waals surface area contributed by atoms with E-state index in [1.165, 1.54) is 0 Å². The Hall–Kier alpha value is -0.860. The molecule has 3 heteroatoms. The fourth-order valence-corrected chi connectivity index (χ4v) is 0.983. The van der Waals surface area contributed by atoms with E-state index in [2.05, 4.69) is 4.74 Å². The summed E-state index contributed by atoms with van der Waals surface area (Å²) in [6.45, 7) is 5.48. The summed E-state index contributed by atoms with van der Waals surface area (Å²) >= 11 is 0. The molecule has 11 heavy (non-hydrogen) atoms. The third-order valence-electron chi connectivity index (χ3n) is 2.44. The SMILES string of the molecule is CC1CC(=O)OC(=O)C1(C)C. The van der Waals surface area contributed by atoms with Crippen LogP contribution in [-0.4, -0.2) is 11.9 Å². The van der Waals surface area contributed by atoms with Gasteiger partial charge < -0.3 is 4.74 Å². The molecule has 62 valence electrons. The van der Waals surface area contributed by atoms with Crippen LogP contribution in [0.3, 0.4) is 0 Å². The molecule has 3 nitrogen and oxygen atoms in total. The van der Waals surface area contributed by atoms with Gasteiger partial charge in [0, 0.05) is 6.42 Å². The van der Waals surface area contributed by atoms with Crippen molar-refractivity contribution in [2.24, 2.45) is 11.3 Å². The second kappa shape index (κ2) is 2.32. The molecule has 1 unspecified atom stereocenters. The van der Waals surface area contributed by atoms with Crippen LogP contribution in [0.25, 0.3) is 0 Å². The largest absolute Gasteiger partial charge is 0.393 e. The molecular formula is C8H12O3. The summed E-state index contributed by atoms with van der Waals surface area (Å²) in [5, 5.41) is 0. The van der Waals surface area contributed by atoms with Crippen LogP contribution >= 0.6 is 0 Å². The van der Waals surface area contributed by atoms with Crippen molar-refractivity contribution in [1.82, 2.24) is 0 Å². The van der Waals surface area contributed by atoms with E-state index in [1.54, 1.807) is 13.8 Å². The lowest BCUT2D eigenvalue weighted by molar-refractivity contribution is -0.176. The Bertz CT molecular complexity index is 205. The summed E-state index contributed by atoms with van der Waals surface area (Å²) in [7, 11) is 0. The van der Waals surface area contributed by atoms with Gasteiger partial charge in [-0.25, -0.2) is 0 Å². The van der Waals surface area contributed by atoms with Crippen LogP contribution in [0.5, 0.6) is 0 Å². The summed E-state index contributed by atoms with van der Waals surface area (Å²) < 4.78 is 4.49. The molecular weight excluding hydrogens is 144 g/mol. The molecule has 1 aliphatic heterocycles. The van der Waals surface area contributed by atoms with Gasteiger partial charge in [-0.1, -0.05) is 6.92 Å². The number of hydrogen-bond donors (Lipinski definition) is 0. The first-order valence-corrected chi connectivity index (χ1v) is 3.69. The third-order valence-corrected chi connectivity index (χ3v) is 2.44. The van der Waals surface area contributed by atoms with Gasteiger partial charge in [-0.3, -0.25) is 9.59 Å². The lowest BCUT2D eigenvalue weighted by Gasteiger charge is -2.32. The zero-order valence-electron chi connectivity index (χ0n) is 7.01. The molecule has 0 saturated carbocycles. The maximum absolute atomic E-state index is 11.1. The first kappa shape index (κ1) is 8.24. The highest BCUT2D eigenvalue weighted by atomic mass is 16.6. The Balaban J connectivity index is 2.84. The van der Waals surface area contributed by atoms with Crippen LogP contribution in [0.2, 0.25) is 0 Å². The van der Waals surface area contributed by atoms with Crippen molar-refractivity contribution in [3.63, 3.8) is 0 Å². The molecule has 1 aliphatic rings. The van der Waals surface area contributed by atoms with Gasteiger partial charge in [-0.2, -0.15) is 0 Å². The molecule has 1 atom stereocenters. The van der Waals surface area contributed by atoms with E-state index < -0.39 is 17.4 Å². The Labute approximate surface area is 65.7 Å². The summed E-state index contributed by atoms with van der Waals surface area (Å²) in [4.78, 5) is 21.8. The minimum Gasteiger partial charge on any atom is -0.393 e. The topological polar surface area (TPSA) is 43.4 Å². The maximum Gasteiger partial charge on any atom is 0.319 e. The Morgan fingerprint density at radius 1 is 1.45 bits per heavy atom. The number of rotatable bonds is 0. The summed E-state index contributed by atoms with van der Waals surface area (Å²) in [5.74, 6) is -0.723. The van der Waals surface area contributed by atoms with Gasteiger partial charge in [0.2, 0.25) is 0 Å². The van der Waals surface area contributed by atoms with Gasteiger partial charge in [-0.05, 0) is 19.8 Å². The van der Waals surface area contributed by atoms with Crippen LogP contribution < -0.4 is 0 Å². The summed E-state index contributed by atoms with van der Waals surface area (Å²) in [6, 6.07) is 0. The maximum atomic E-state index is 11.1. The molecule has 0 amide bonds. The lowest BCUT2D eigenvalue weighted by atomic mass is 9.77. The second-order valence-corrected chi connectivity index (χ2v) is 3.59. The van der Waals surface area contributed by atoms with Crippen LogP contribution in [0.15, 0.2) is 0 Å². The average Bonchev–Trinajstić information content (AvgIpc) is 1.84. The van der Waals surface area contributed by atoms with E-state index in [4.69, 9.17) is 0 Å². The standard InChI is InChI=1S/C8H12O3/c1-5-4-6(9)11-7(10)8(5,2)3/h5H,4H2,1-3H3. The quantitative estimate of drug-likeness (QED) is 0.390. The van der Waals surface area contributed by atoms with Crippen LogP contribution in [-0.2, 0) is 14.3 Å². The Morgan fingerprint density at radius 3 is 2.45 bits per heavy atom. The smallest absolute Gasteiger partial charge is 0.319 e. The van der Waals surface area contributed by atoms with Crippen molar-refractivity contribution in [1.29, 1.82) is 0 Å². The van der Waals surface area contributed by atoms with Crippen LogP contribution in [0.1, 0.15) is 27.2 Å². The van der Waals surface area contributed by atoms with Gasteiger partial charge in [0.05, 0.1) is 5.41 Å². The highest BCUT2D eigenvalue weighted by Gasteiger charge is 2.42. The number of carbonyl (C=O) groups is 2. The molecule has 0 radical (unpaired) electrons. The number of cyclic esters (lactones) is 2. The number of esters is 2. The van der Waals surface area contributed by atoms with E-state index in [0.717, 1.165) is 0 Å². The normalized spacial score (nSPS) is 29.9. The van der Waals surface area contributed by atoms with Crippen molar-refractivity contribution in [2.45, 2.75) is 27.2 Å². The first-order chi connectivity index (χ1) is 4.94. The van der Waals surface area contributed by atoms with Gasteiger partial charge >= 0.3 is 11.9 Å². The van der Waals surface area contributed by atoms with Gasteiger partial charge in [0.1, 0.15) is 0 Å². The fourth-order valence-electron chi connectivity index (χ4n) is 0.983. The Kier molecular flexibility index (Phi) is 1.74. The fraction of sp³-hybridized carbons (Fsp3) is 0.750. The summed E-state index contributed by atoms with van der Waals surface area (Å²) in [5.41, 5.74) is -0.506. The molecule has 1 heterocycles. The van der Waals surface area contributed by atoms with Crippen LogP contribution in [0, 0.1) is 11.3 Å². The monoisotopic (exact) mass is 156 g/mol. The summed E-state index contributed by atoms with van der Waals surface area (Å²) in [6.07, 6.45) is 0.346. The number of ether oxygens (including phenoxy) is 1. The molecule has 1 saturated heterocycles. The molecule has 1 fully saturated rings. The van der Waals surface area contributed by atoms with E-state index in [9.17, 15) is 9.59 Å². The van der Waals surface area contributed by atoms with Crippen molar-refractivity contribution < 1.29 is 14.3 Å². The van der Waals surface area contributed by atoms with Crippen molar-refractivity contribution in [2.75, 3.05) is 0 Å². The molecule has 0 aromatic heterocycles. The molecule has 0 spiro atoms. The third kappa shape index (κ3) is 1.27. The van der Waals surface area contributed by atoms with E-state index in [0.29, 0.717) is 6.42 Å². The van der Waals surface area contributed by atoms with Gasteiger partial charge in [0.15, 0.2) is 0 Å². The number of carbonyl (C=O) groups excluding carboxylic acids is 2. The van der Waals surface area contributed by atoms with E-state index in [-0.39, 0.29) is 5.92 Å². The van der Waals surface area contributed by atoms with E-state index in [1.807, 2.05) is 6.92 Å². The van der Waals surface area contributed by atoms with E-state index >= 15 is 0 Å². The molecule has 0 N–H and O–H groups in total. The molecule has 1 rings (SSSR count). The van der Waals surface area contributed by atoms with Gasteiger partial charge in [-0.15, -0.1) is 0 Å².